The molecular weight excluding hydrogens is 522 g/mol. The van der Waals surface area contributed by atoms with Crippen molar-refractivity contribution in [2.45, 2.75) is 26.2 Å². The van der Waals surface area contributed by atoms with Crippen LogP contribution < -0.4 is 16.0 Å². The number of fused-ring (bicyclic) bond motifs is 1. The molecule has 2 aromatic heterocycles. The van der Waals surface area contributed by atoms with Crippen LogP contribution in [0.3, 0.4) is 0 Å². The maximum atomic E-state index is 12.0. The summed E-state index contributed by atoms with van der Waals surface area (Å²) in [6.45, 7) is 11.0. The SMILES string of the molecule is Cc1c(CCN2CCN(c3ncnc4n[nH]c(Br)c34)CC2)cc(C(N)=O)cc1NCCN1CCCC1. The van der Waals surface area contributed by atoms with Gasteiger partial charge in [0.25, 0.3) is 0 Å². The molecule has 5 rings (SSSR count). The van der Waals surface area contributed by atoms with Crippen molar-refractivity contribution in [3.8, 4) is 0 Å². The van der Waals surface area contributed by atoms with Crippen molar-refractivity contribution in [2.75, 3.05) is 69.1 Å². The van der Waals surface area contributed by atoms with Gasteiger partial charge in [0.05, 0.1) is 5.39 Å². The van der Waals surface area contributed by atoms with Gasteiger partial charge in [-0.1, -0.05) is 0 Å². The lowest BCUT2D eigenvalue weighted by molar-refractivity contribution is 0.1000. The topological polar surface area (TPSA) is 119 Å². The van der Waals surface area contributed by atoms with Gasteiger partial charge in [-0.25, -0.2) is 9.97 Å². The number of carbonyl (C=O) groups is 1. The van der Waals surface area contributed by atoms with Gasteiger partial charge in [-0.2, -0.15) is 5.10 Å². The Morgan fingerprint density at radius 1 is 1.08 bits per heavy atom. The predicted molar refractivity (Wildman–Crippen MR) is 146 cm³/mol. The Morgan fingerprint density at radius 2 is 1.83 bits per heavy atom. The standard InChI is InChI=1S/C25H34BrN9O/c1-17-18(14-19(23(27)36)15-20(17)28-5-9-33-6-2-3-7-33)4-8-34-10-12-35(13-11-34)25-21-22(26)31-32-24(21)29-16-30-25/h14-16,28H,2-13H2,1H3,(H2,27,36)(H,29,30,31,32). The molecule has 10 nitrogen and oxygen atoms in total. The van der Waals surface area contributed by atoms with Crippen molar-refractivity contribution in [3.63, 3.8) is 0 Å². The highest BCUT2D eigenvalue weighted by Crippen LogP contribution is 2.29. The zero-order valence-corrected chi connectivity index (χ0v) is 22.4. The molecule has 36 heavy (non-hydrogen) atoms. The molecule has 2 saturated heterocycles. The van der Waals surface area contributed by atoms with E-state index in [0.717, 1.165) is 73.7 Å². The van der Waals surface area contributed by atoms with Crippen LogP contribution in [-0.2, 0) is 6.42 Å². The highest BCUT2D eigenvalue weighted by Gasteiger charge is 2.22. The van der Waals surface area contributed by atoms with Gasteiger partial charge in [-0.15, -0.1) is 0 Å². The first kappa shape index (κ1) is 24.9. The van der Waals surface area contributed by atoms with Crippen LogP contribution in [-0.4, -0.2) is 94.8 Å². The van der Waals surface area contributed by atoms with Crippen LogP contribution >= 0.6 is 15.9 Å². The molecule has 2 aliphatic rings. The zero-order valence-electron chi connectivity index (χ0n) is 20.8. The van der Waals surface area contributed by atoms with Crippen LogP contribution in [0.1, 0.15) is 34.3 Å². The van der Waals surface area contributed by atoms with Gasteiger partial charge in [0.1, 0.15) is 16.7 Å². The fourth-order valence-corrected chi connectivity index (χ4v) is 5.67. The Bertz CT molecular complexity index is 1220. The third-order valence-electron chi connectivity index (χ3n) is 7.40. The Labute approximate surface area is 219 Å². The lowest BCUT2D eigenvalue weighted by Gasteiger charge is -2.35. The molecule has 0 saturated carbocycles. The van der Waals surface area contributed by atoms with Gasteiger partial charge in [0.2, 0.25) is 5.91 Å². The molecule has 0 aliphatic carbocycles. The summed E-state index contributed by atoms with van der Waals surface area (Å²) in [4.78, 5) is 28.1. The van der Waals surface area contributed by atoms with Gasteiger partial charge in [0.15, 0.2) is 5.65 Å². The summed E-state index contributed by atoms with van der Waals surface area (Å²) in [6.07, 6.45) is 5.03. The summed E-state index contributed by atoms with van der Waals surface area (Å²) in [5, 5.41) is 11.7. The number of aromatic amines is 1. The van der Waals surface area contributed by atoms with Crippen molar-refractivity contribution < 1.29 is 4.79 Å². The molecule has 3 aromatic rings. The maximum Gasteiger partial charge on any atom is 0.248 e. The molecule has 2 aliphatic heterocycles. The van der Waals surface area contributed by atoms with Crippen LogP contribution in [0, 0.1) is 6.92 Å². The summed E-state index contributed by atoms with van der Waals surface area (Å²) < 4.78 is 0.810. The number of aromatic nitrogens is 4. The normalized spacial score (nSPS) is 17.2. The first-order chi connectivity index (χ1) is 17.5. The second-order valence-corrected chi connectivity index (χ2v) is 10.5. The van der Waals surface area contributed by atoms with E-state index in [9.17, 15) is 4.79 Å². The molecule has 0 bridgehead atoms. The zero-order chi connectivity index (χ0) is 25.1. The smallest absolute Gasteiger partial charge is 0.248 e. The summed E-state index contributed by atoms with van der Waals surface area (Å²) in [5.41, 5.74) is 10.3. The molecular formula is C25H34BrN9O. The quantitative estimate of drug-likeness (QED) is 0.368. The average Bonchev–Trinajstić information content (AvgIpc) is 3.54. The first-order valence-corrected chi connectivity index (χ1v) is 13.5. The molecule has 4 heterocycles. The van der Waals surface area contributed by atoms with Crippen LogP contribution in [0.25, 0.3) is 11.0 Å². The number of nitrogens with two attached hydrogens (primary N) is 1. The summed E-state index contributed by atoms with van der Waals surface area (Å²) >= 11 is 3.53. The fraction of sp³-hybridized carbons (Fsp3) is 0.520. The number of benzene rings is 1. The Morgan fingerprint density at radius 3 is 2.58 bits per heavy atom. The van der Waals surface area contributed by atoms with E-state index in [1.807, 2.05) is 12.1 Å². The number of primary amides is 1. The summed E-state index contributed by atoms with van der Waals surface area (Å²) in [7, 11) is 0. The van der Waals surface area contributed by atoms with Gasteiger partial charge >= 0.3 is 0 Å². The number of rotatable bonds is 9. The number of nitrogens with one attached hydrogen (secondary N) is 2. The lowest BCUT2D eigenvalue weighted by atomic mass is 9.99. The minimum atomic E-state index is -0.381. The lowest BCUT2D eigenvalue weighted by Crippen LogP contribution is -2.47. The van der Waals surface area contributed by atoms with Crippen LogP contribution in [0.15, 0.2) is 23.1 Å². The van der Waals surface area contributed by atoms with Gasteiger partial charge in [0, 0.05) is 57.1 Å². The Hall–Kier alpha value is -2.76. The average molecular weight is 557 g/mol. The van der Waals surface area contributed by atoms with Crippen molar-refractivity contribution in [2.24, 2.45) is 5.73 Å². The number of hydrogen-bond donors (Lipinski definition) is 3. The number of amides is 1. The predicted octanol–water partition coefficient (Wildman–Crippen LogP) is 2.40. The molecule has 0 spiro atoms. The molecule has 4 N–H and O–H groups in total. The number of halogens is 1. The number of hydrogen-bond acceptors (Lipinski definition) is 8. The van der Waals surface area contributed by atoms with Crippen LogP contribution in [0.5, 0.6) is 0 Å². The number of piperazine rings is 1. The van der Waals surface area contributed by atoms with E-state index in [1.54, 1.807) is 6.33 Å². The third-order valence-corrected chi connectivity index (χ3v) is 7.97. The maximum absolute atomic E-state index is 12.0. The number of H-pyrrole nitrogens is 1. The van der Waals surface area contributed by atoms with E-state index in [-0.39, 0.29) is 5.91 Å². The van der Waals surface area contributed by atoms with E-state index < -0.39 is 0 Å². The van der Waals surface area contributed by atoms with Crippen LogP contribution in [0.2, 0.25) is 0 Å². The fourth-order valence-electron chi connectivity index (χ4n) is 5.22. The third kappa shape index (κ3) is 5.47. The molecule has 1 aromatic carbocycles. The molecule has 0 atom stereocenters. The monoisotopic (exact) mass is 555 g/mol. The van der Waals surface area contributed by atoms with Crippen molar-refractivity contribution in [3.05, 3.63) is 39.8 Å². The van der Waals surface area contributed by atoms with E-state index in [0.29, 0.717) is 11.2 Å². The summed E-state index contributed by atoms with van der Waals surface area (Å²) in [5.74, 6) is 0.531. The number of anilines is 2. The number of nitrogens with zero attached hydrogens (tertiary/aromatic N) is 6. The highest BCUT2D eigenvalue weighted by molar-refractivity contribution is 9.10. The molecule has 0 radical (unpaired) electrons. The molecule has 1 amide bonds. The largest absolute Gasteiger partial charge is 0.384 e. The van der Waals surface area contributed by atoms with E-state index >= 15 is 0 Å². The van der Waals surface area contributed by atoms with E-state index in [4.69, 9.17) is 5.73 Å². The van der Waals surface area contributed by atoms with Gasteiger partial charge < -0.3 is 20.9 Å². The summed E-state index contributed by atoms with van der Waals surface area (Å²) in [6, 6.07) is 3.87. The first-order valence-electron chi connectivity index (χ1n) is 12.7. The Balaban J connectivity index is 1.20. The number of carbonyl (C=O) groups excluding carboxylic acids is 1. The molecule has 11 heteroatoms. The molecule has 0 unspecified atom stereocenters. The van der Waals surface area contributed by atoms with E-state index in [2.05, 4.69) is 63.0 Å². The minimum absolute atomic E-state index is 0.381. The second-order valence-electron chi connectivity index (χ2n) is 9.66. The number of likely N-dealkylation sites (tertiary alicyclic amines) is 1. The van der Waals surface area contributed by atoms with Crippen molar-refractivity contribution in [1.29, 1.82) is 0 Å². The molecule has 192 valence electrons. The van der Waals surface area contributed by atoms with Crippen molar-refractivity contribution in [1.82, 2.24) is 30.0 Å². The van der Waals surface area contributed by atoms with Gasteiger partial charge in [-0.3, -0.25) is 14.8 Å². The van der Waals surface area contributed by atoms with Crippen molar-refractivity contribution >= 4 is 44.4 Å². The van der Waals surface area contributed by atoms with Gasteiger partial charge in [-0.05, 0) is 78.5 Å². The second kappa shape index (κ2) is 11.1. The Kier molecular flexibility index (Phi) is 7.68. The highest BCUT2D eigenvalue weighted by atomic mass is 79.9. The minimum Gasteiger partial charge on any atom is -0.384 e. The van der Waals surface area contributed by atoms with E-state index in [1.165, 1.54) is 37.1 Å². The molecule has 2 fully saturated rings. The van der Waals surface area contributed by atoms with Crippen LogP contribution in [0.4, 0.5) is 11.5 Å².